The van der Waals surface area contributed by atoms with E-state index in [4.69, 9.17) is 11.5 Å². The van der Waals surface area contributed by atoms with Gasteiger partial charge < -0.3 is 11.5 Å². The van der Waals surface area contributed by atoms with Gasteiger partial charge in [0.2, 0.25) is 5.91 Å². The second-order valence-electron chi connectivity index (χ2n) is 4.36. The van der Waals surface area contributed by atoms with Gasteiger partial charge in [0.15, 0.2) is 0 Å². The number of rotatable bonds is 4. The first kappa shape index (κ1) is 12.3. The number of fused-ring (bicyclic) bond motifs is 1. The number of nitrogens with zero attached hydrogens (tertiary/aromatic N) is 2. The normalized spacial score (nSPS) is 11.0. The van der Waals surface area contributed by atoms with E-state index in [1.165, 1.54) is 0 Å². The molecule has 1 heterocycles. The number of carbonyl (C=O) groups is 1. The number of nitrogen functional groups attached to an aromatic ring is 1. The molecule has 1 aromatic carbocycles. The largest absolute Gasteiger partial charge is 0.383 e. The van der Waals surface area contributed by atoms with Gasteiger partial charge in [0.05, 0.1) is 12.1 Å². The summed E-state index contributed by atoms with van der Waals surface area (Å²) in [6.45, 7) is 0.749. The molecule has 0 aliphatic carbocycles. The number of pyridine rings is 1. The fourth-order valence-corrected chi connectivity index (χ4v) is 1.91. The van der Waals surface area contributed by atoms with Crippen LogP contribution in [-0.4, -0.2) is 29.4 Å². The van der Waals surface area contributed by atoms with Gasteiger partial charge in [0, 0.05) is 17.5 Å². The molecule has 2 aromatic rings. The molecule has 0 bridgehead atoms. The highest BCUT2D eigenvalue weighted by Gasteiger charge is 2.08. The van der Waals surface area contributed by atoms with E-state index in [9.17, 15) is 4.79 Å². The molecule has 1 aromatic heterocycles. The molecule has 5 nitrogen and oxygen atoms in total. The predicted molar refractivity (Wildman–Crippen MR) is 71.7 cm³/mol. The molecular weight excluding hydrogens is 228 g/mol. The average molecular weight is 244 g/mol. The standard InChI is InChI=1S/C13H16N4O/c1-17(8-12(14)18)7-10-6-9-4-2-3-5-11(9)16-13(10)15/h2-6H,7-8H2,1H3,(H2,14,18)(H2,15,16). The fourth-order valence-electron chi connectivity index (χ4n) is 1.91. The lowest BCUT2D eigenvalue weighted by atomic mass is 10.1. The van der Waals surface area contributed by atoms with Crippen LogP contribution in [0.25, 0.3) is 10.9 Å². The van der Waals surface area contributed by atoms with Gasteiger partial charge in [-0.1, -0.05) is 18.2 Å². The van der Waals surface area contributed by atoms with Crippen molar-refractivity contribution in [3.63, 3.8) is 0 Å². The summed E-state index contributed by atoms with van der Waals surface area (Å²) in [4.78, 5) is 17.0. The molecular formula is C13H16N4O. The van der Waals surface area contributed by atoms with Gasteiger partial charge in [0.25, 0.3) is 0 Å². The molecule has 0 saturated carbocycles. The van der Waals surface area contributed by atoms with Crippen LogP contribution >= 0.6 is 0 Å². The number of carbonyl (C=O) groups excluding carboxylic acids is 1. The molecule has 94 valence electrons. The number of para-hydroxylation sites is 1. The lowest BCUT2D eigenvalue weighted by molar-refractivity contribution is -0.118. The Hall–Kier alpha value is -2.14. The molecule has 5 heteroatoms. The number of hydrogen-bond acceptors (Lipinski definition) is 4. The summed E-state index contributed by atoms with van der Waals surface area (Å²) in [7, 11) is 1.82. The Morgan fingerprint density at radius 3 is 2.83 bits per heavy atom. The topological polar surface area (TPSA) is 85.2 Å². The molecule has 0 saturated heterocycles. The van der Waals surface area contributed by atoms with Crippen LogP contribution in [0.15, 0.2) is 30.3 Å². The van der Waals surface area contributed by atoms with E-state index >= 15 is 0 Å². The Morgan fingerprint density at radius 1 is 1.39 bits per heavy atom. The van der Waals surface area contributed by atoms with Crippen molar-refractivity contribution in [3.8, 4) is 0 Å². The zero-order valence-electron chi connectivity index (χ0n) is 10.3. The van der Waals surface area contributed by atoms with Crippen LogP contribution < -0.4 is 11.5 Å². The number of amides is 1. The van der Waals surface area contributed by atoms with Crippen LogP contribution in [0.4, 0.5) is 5.82 Å². The SMILES string of the molecule is CN(CC(N)=O)Cc1cc2ccccc2nc1N. The maximum absolute atomic E-state index is 10.8. The van der Waals surface area contributed by atoms with Crippen LogP contribution in [0.3, 0.4) is 0 Å². The van der Waals surface area contributed by atoms with Crippen molar-refractivity contribution in [2.24, 2.45) is 5.73 Å². The summed E-state index contributed by atoms with van der Waals surface area (Å²) in [5.74, 6) is 0.134. The minimum absolute atomic E-state index is 0.201. The number of primary amides is 1. The van der Waals surface area contributed by atoms with E-state index in [0.717, 1.165) is 16.5 Å². The number of nitrogens with two attached hydrogens (primary N) is 2. The molecule has 0 radical (unpaired) electrons. The van der Waals surface area contributed by atoms with Crippen molar-refractivity contribution >= 4 is 22.6 Å². The van der Waals surface area contributed by atoms with Crippen LogP contribution in [0, 0.1) is 0 Å². The first-order valence-corrected chi connectivity index (χ1v) is 5.67. The van der Waals surface area contributed by atoms with Gasteiger partial charge in [-0.3, -0.25) is 9.69 Å². The van der Waals surface area contributed by atoms with Gasteiger partial charge in [-0.2, -0.15) is 0 Å². The molecule has 0 fully saturated rings. The molecule has 0 aliphatic heterocycles. The van der Waals surface area contributed by atoms with Gasteiger partial charge in [-0.25, -0.2) is 4.98 Å². The maximum atomic E-state index is 10.8. The molecule has 1 amide bonds. The van der Waals surface area contributed by atoms with Gasteiger partial charge in [0.1, 0.15) is 5.82 Å². The van der Waals surface area contributed by atoms with E-state index in [2.05, 4.69) is 4.98 Å². The average Bonchev–Trinajstić information content (AvgIpc) is 2.29. The Balaban J connectivity index is 2.27. The summed E-state index contributed by atoms with van der Waals surface area (Å²) < 4.78 is 0. The number of anilines is 1. The van der Waals surface area contributed by atoms with Crippen molar-refractivity contribution < 1.29 is 4.79 Å². The molecule has 2 rings (SSSR count). The number of benzene rings is 1. The predicted octanol–water partition coefficient (Wildman–Crippen LogP) is 0.734. The first-order valence-electron chi connectivity index (χ1n) is 5.67. The first-order chi connectivity index (χ1) is 8.56. The number of hydrogen-bond donors (Lipinski definition) is 2. The summed E-state index contributed by atoms with van der Waals surface area (Å²) in [5, 5.41) is 1.04. The van der Waals surface area contributed by atoms with E-state index < -0.39 is 0 Å². The maximum Gasteiger partial charge on any atom is 0.231 e. The molecule has 0 unspecified atom stereocenters. The Labute approximate surface area is 105 Å². The quantitative estimate of drug-likeness (QED) is 0.830. The third kappa shape index (κ3) is 2.75. The minimum Gasteiger partial charge on any atom is -0.383 e. The fraction of sp³-hybridized carbons (Fsp3) is 0.231. The minimum atomic E-state index is -0.357. The smallest absolute Gasteiger partial charge is 0.231 e. The van der Waals surface area contributed by atoms with Crippen LogP contribution in [-0.2, 0) is 11.3 Å². The molecule has 0 atom stereocenters. The van der Waals surface area contributed by atoms with Crippen LogP contribution in [0.1, 0.15) is 5.56 Å². The van der Waals surface area contributed by atoms with Crippen molar-refractivity contribution in [2.75, 3.05) is 19.3 Å². The van der Waals surface area contributed by atoms with Gasteiger partial charge in [-0.15, -0.1) is 0 Å². The van der Waals surface area contributed by atoms with Crippen molar-refractivity contribution in [1.82, 2.24) is 9.88 Å². The monoisotopic (exact) mass is 244 g/mol. The van der Waals surface area contributed by atoms with Crippen molar-refractivity contribution in [1.29, 1.82) is 0 Å². The second-order valence-corrected chi connectivity index (χ2v) is 4.36. The summed E-state index contributed by atoms with van der Waals surface area (Å²) in [6.07, 6.45) is 0. The van der Waals surface area contributed by atoms with E-state index in [1.807, 2.05) is 42.3 Å². The Kier molecular flexibility index (Phi) is 3.43. The third-order valence-electron chi connectivity index (χ3n) is 2.70. The molecule has 4 N–H and O–H groups in total. The Morgan fingerprint density at radius 2 is 2.11 bits per heavy atom. The second kappa shape index (κ2) is 5.01. The number of likely N-dealkylation sites (N-methyl/N-ethyl adjacent to an activating group) is 1. The highest BCUT2D eigenvalue weighted by Crippen LogP contribution is 2.19. The van der Waals surface area contributed by atoms with Gasteiger partial charge >= 0.3 is 0 Å². The zero-order chi connectivity index (χ0) is 13.1. The summed E-state index contributed by atoms with van der Waals surface area (Å²) >= 11 is 0. The lowest BCUT2D eigenvalue weighted by Crippen LogP contribution is -2.30. The summed E-state index contributed by atoms with van der Waals surface area (Å²) in [6, 6.07) is 9.78. The lowest BCUT2D eigenvalue weighted by Gasteiger charge is -2.16. The Bertz CT molecular complexity index is 582. The molecule has 0 aliphatic rings. The third-order valence-corrected chi connectivity index (χ3v) is 2.70. The molecule has 18 heavy (non-hydrogen) atoms. The van der Waals surface area contributed by atoms with Crippen molar-refractivity contribution in [2.45, 2.75) is 6.54 Å². The van der Waals surface area contributed by atoms with Crippen molar-refractivity contribution in [3.05, 3.63) is 35.9 Å². The van der Waals surface area contributed by atoms with Crippen LogP contribution in [0.2, 0.25) is 0 Å². The highest BCUT2D eigenvalue weighted by molar-refractivity contribution is 5.81. The summed E-state index contributed by atoms with van der Waals surface area (Å²) in [5.41, 5.74) is 12.8. The van der Waals surface area contributed by atoms with E-state index in [1.54, 1.807) is 0 Å². The van der Waals surface area contributed by atoms with E-state index in [-0.39, 0.29) is 12.5 Å². The zero-order valence-corrected chi connectivity index (χ0v) is 10.3. The molecule has 0 spiro atoms. The van der Waals surface area contributed by atoms with Gasteiger partial charge in [-0.05, 0) is 19.2 Å². The van der Waals surface area contributed by atoms with E-state index in [0.29, 0.717) is 12.4 Å². The highest BCUT2D eigenvalue weighted by atomic mass is 16.1. The number of aromatic nitrogens is 1. The van der Waals surface area contributed by atoms with Crippen LogP contribution in [0.5, 0.6) is 0 Å².